The quantitative estimate of drug-likeness (QED) is 0.810. The third-order valence-electron chi connectivity index (χ3n) is 6.62. The maximum absolute atomic E-state index is 11.3. The van der Waals surface area contributed by atoms with Gasteiger partial charge in [0.25, 0.3) is 0 Å². The number of hydrogen-bond donors (Lipinski definition) is 1. The average molecular weight is 411 g/mol. The van der Waals surface area contributed by atoms with E-state index in [1.54, 1.807) is 0 Å². The van der Waals surface area contributed by atoms with Gasteiger partial charge in [-0.3, -0.25) is 4.90 Å². The zero-order chi connectivity index (χ0) is 20.6. The lowest BCUT2D eigenvalue weighted by atomic mass is 9.77. The van der Waals surface area contributed by atoms with Crippen LogP contribution in [0.2, 0.25) is 0 Å². The van der Waals surface area contributed by atoms with Crippen LogP contribution < -0.4 is 18.9 Å². The maximum atomic E-state index is 11.3. The number of hydrogen-bond acceptors (Lipinski definition) is 6. The van der Waals surface area contributed by atoms with E-state index in [-0.39, 0.29) is 12.9 Å². The van der Waals surface area contributed by atoms with Crippen molar-refractivity contribution in [1.29, 1.82) is 0 Å². The van der Waals surface area contributed by atoms with E-state index in [0.717, 1.165) is 67.3 Å². The standard InChI is InChI=1S/C24H29NO5/c1-2-25(14-19-15-27-20-5-3-4-6-22(20)30-19)18-9-11-24(26,12-10-18)17-7-8-21-23(13-17)29-16-28-21/h3-8,13,18-19,26H,2,9-12,14-16H2,1H3. The molecule has 0 amide bonds. The molecule has 2 aliphatic heterocycles. The van der Waals surface area contributed by atoms with Crippen molar-refractivity contribution in [1.82, 2.24) is 4.90 Å². The lowest BCUT2D eigenvalue weighted by molar-refractivity contribution is -0.0324. The summed E-state index contributed by atoms with van der Waals surface area (Å²) in [5.41, 5.74) is 0.120. The van der Waals surface area contributed by atoms with Gasteiger partial charge in [-0.15, -0.1) is 0 Å². The second-order valence-corrected chi connectivity index (χ2v) is 8.42. The molecule has 0 radical (unpaired) electrons. The van der Waals surface area contributed by atoms with Crippen molar-refractivity contribution in [3.05, 3.63) is 48.0 Å². The molecule has 0 bridgehead atoms. The van der Waals surface area contributed by atoms with E-state index in [9.17, 15) is 5.11 Å². The Morgan fingerprint density at radius 3 is 2.50 bits per heavy atom. The summed E-state index contributed by atoms with van der Waals surface area (Å²) in [4.78, 5) is 2.47. The normalized spacial score (nSPS) is 27.3. The van der Waals surface area contributed by atoms with Crippen LogP contribution in [0.1, 0.15) is 38.2 Å². The minimum absolute atomic E-state index is 0.0227. The van der Waals surface area contributed by atoms with Crippen molar-refractivity contribution in [2.45, 2.75) is 50.4 Å². The molecule has 2 aromatic rings. The van der Waals surface area contributed by atoms with Crippen LogP contribution in [0.15, 0.2) is 42.5 Å². The van der Waals surface area contributed by atoms with E-state index in [2.05, 4.69) is 11.8 Å². The molecule has 1 aliphatic carbocycles. The predicted molar refractivity (Wildman–Crippen MR) is 112 cm³/mol. The van der Waals surface area contributed by atoms with Crippen molar-refractivity contribution in [2.24, 2.45) is 0 Å². The molecule has 6 nitrogen and oxygen atoms in total. The molecule has 1 saturated carbocycles. The maximum Gasteiger partial charge on any atom is 0.231 e. The molecule has 2 heterocycles. The Balaban J connectivity index is 1.21. The molecule has 1 unspecified atom stereocenters. The molecule has 2 aromatic carbocycles. The Morgan fingerprint density at radius 1 is 0.967 bits per heavy atom. The number of rotatable bonds is 5. The van der Waals surface area contributed by atoms with Gasteiger partial charge in [0.05, 0.1) is 5.60 Å². The van der Waals surface area contributed by atoms with Gasteiger partial charge in [-0.1, -0.05) is 25.1 Å². The van der Waals surface area contributed by atoms with E-state index < -0.39 is 5.60 Å². The first-order valence-electron chi connectivity index (χ1n) is 10.9. The largest absolute Gasteiger partial charge is 0.486 e. The van der Waals surface area contributed by atoms with Crippen LogP contribution in [0.3, 0.4) is 0 Å². The molecule has 6 heteroatoms. The Morgan fingerprint density at radius 2 is 1.70 bits per heavy atom. The molecule has 160 valence electrons. The van der Waals surface area contributed by atoms with Crippen LogP contribution in [0.5, 0.6) is 23.0 Å². The van der Waals surface area contributed by atoms with Crippen molar-refractivity contribution in [3.63, 3.8) is 0 Å². The van der Waals surface area contributed by atoms with Crippen molar-refractivity contribution >= 4 is 0 Å². The van der Waals surface area contributed by atoms with Crippen LogP contribution >= 0.6 is 0 Å². The molecule has 0 spiro atoms. The fraction of sp³-hybridized carbons (Fsp3) is 0.500. The van der Waals surface area contributed by atoms with Crippen molar-refractivity contribution < 1.29 is 24.1 Å². The predicted octanol–water partition coefficient (Wildman–Crippen LogP) is 3.71. The molecule has 1 fully saturated rings. The molecule has 30 heavy (non-hydrogen) atoms. The Hall–Kier alpha value is -2.44. The lowest BCUT2D eigenvalue weighted by Gasteiger charge is -2.42. The van der Waals surface area contributed by atoms with Crippen LogP contribution in [-0.4, -0.2) is 48.6 Å². The van der Waals surface area contributed by atoms with Gasteiger partial charge in [-0.05, 0) is 62.1 Å². The highest BCUT2D eigenvalue weighted by molar-refractivity contribution is 5.46. The van der Waals surface area contributed by atoms with E-state index in [1.807, 2.05) is 42.5 Å². The first kappa shape index (κ1) is 19.5. The Kier molecular flexibility index (Phi) is 5.21. The summed E-state index contributed by atoms with van der Waals surface area (Å²) in [5.74, 6) is 3.13. The molecular formula is C24H29NO5. The summed E-state index contributed by atoms with van der Waals surface area (Å²) in [6.07, 6.45) is 3.39. The molecule has 0 aromatic heterocycles. The van der Waals surface area contributed by atoms with Crippen LogP contribution in [0.25, 0.3) is 0 Å². The number of benzene rings is 2. The summed E-state index contributed by atoms with van der Waals surface area (Å²) in [5, 5.41) is 11.3. The summed E-state index contributed by atoms with van der Waals surface area (Å²) < 4.78 is 22.9. The van der Waals surface area contributed by atoms with E-state index in [1.165, 1.54) is 0 Å². The third-order valence-corrected chi connectivity index (χ3v) is 6.62. The zero-order valence-electron chi connectivity index (χ0n) is 17.4. The summed E-state index contributed by atoms with van der Waals surface area (Å²) in [7, 11) is 0. The summed E-state index contributed by atoms with van der Waals surface area (Å²) >= 11 is 0. The first-order valence-corrected chi connectivity index (χ1v) is 10.9. The topological polar surface area (TPSA) is 60.4 Å². The number of aliphatic hydroxyl groups is 1. The highest BCUT2D eigenvalue weighted by atomic mass is 16.7. The molecular weight excluding hydrogens is 382 g/mol. The minimum Gasteiger partial charge on any atom is -0.486 e. The fourth-order valence-corrected chi connectivity index (χ4v) is 4.87. The molecule has 5 rings (SSSR count). The monoisotopic (exact) mass is 411 g/mol. The molecule has 0 saturated heterocycles. The van der Waals surface area contributed by atoms with Gasteiger partial charge in [-0.2, -0.15) is 0 Å². The molecule has 3 aliphatic rings. The SMILES string of the molecule is CCN(CC1COc2ccccc2O1)C1CCC(O)(c2ccc3c(c2)OCO3)CC1. The van der Waals surface area contributed by atoms with Gasteiger partial charge in [0.15, 0.2) is 23.0 Å². The number of fused-ring (bicyclic) bond motifs is 2. The first-order chi connectivity index (χ1) is 14.6. The zero-order valence-corrected chi connectivity index (χ0v) is 17.4. The smallest absolute Gasteiger partial charge is 0.231 e. The lowest BCUT2D eigenvalue weighted by Crippen LogP contribution is -2.48. The van der Waals surface area contributed by atoms with Crippen molar-refractivity contribution in [2.75, 3.05) is 26.5 Å². The van der Waals surface area contributed by atoms with Crippen LogP contribution in [-0.2, 0) is 5.60 Å². The second kappa shape index (κ2) is 8.00. The van der Waals surface area contributed by atoms with Gasteiger partial charge < -0.3 is 24.1 Å². The Bertz CT molecular complexity index is 893. The fourth-order valence-electron chi connectivity index (χ4n) is 4.87. The highest BCUT2D eigenvalue weighted by Crippen LogP contribution is 2.42. The highest BCUT2D eigenvalue weighted by Gasteiger charge is 2.38. The minimum atomic E-state index is -0.805. The third kappa shape index (κ3) is 3.70. The van der Waals surface area contributed by atoms with Crippen molar-refractivity contribution in [3.8, 4) is 23.0 Å². The van der Waals surface area contributed by atoms with Gasteiger partial charge in [-0.25, -0.2) is 0 Å². The van der Waals surface area contributed by atoms with Crippen LogP contribution in [0, 0.1) is 0 Å². The Labute approximate surface area is 177 Å². The van der Waals surface area contributed by atoms with E-state index in [4.69, 9.17) is 18.9 Å². The van der Waals surface area contributed by atoms with Gasteiger partial charge in [0.1, 0.15) is 12.7 Å². The van der Waals surface area contributed by atoms with Gasteiger partial charge >= 0.3 is 0 Å². The van der Waals surface area contributed by atoms with Crippen LogP contribution in [0.4, 0.5) is 0 Å². The van der Waals surface area contributed by atoms with E-state index in [0.29, 0.717) is 12.6 Å². The van der Waals surface area contributed by atoms with Gasteiger partial charge in [0, 0.05) is 12.6 Å². The summed E-state index contributed by atoms with van der Waals surface area (Å²) in [6.45, 7) is 4.80. The number of likely N-dealkylation sites (N-methyl/N-ethyl adjacent to an activating group) is 1. The number of nitrogens with zero attached hydrogens (tertiary/aromatic N) is 1. The average Bonchev–Trinajstić information content (AvgIpc) is 3.26. The second-order valence-electron chi connectivity index (χ2n) is 8.42. The molecule has 1 atom stereocenters. The van der Waals surface area contributed by atoms with Gasteiger partial charge in [0.2, 0.25) is 6.79 Å². The number of ether oxygens (including phenoxy) is 4. The molecule has 1 N–H and O–H groups in total. The summed E-state index contributed by atoms with van der Waals surface area (Å²) in [6, 6.07) is 14.1. The van der Waals surface area contributed by atoms with E-state index >= 15 is 0 Å². The number of para-hydroxylation sites is 2.